The van der Waals surface area contributed by atoms with E-state index in [1.54, 1.807) is 0 Å². The molecule has 2 aliphatic rings. The molecule has 1 saturated heterocycles. The van der Waals surface area contributed by atoms with Crippen LogP contribution in [-0.2, 0) is 9.59 Å². The van der Waals surface area contributed by atoms with Gasteiger partial charge in [-0.15, -0.1) is 0 Å². The van der Waals surface area contributed by atoms with Crippen LogP contribution in [0.3, 0.4) is 0 Å². The maximum absolute atomic E-state index is 11.9. The molecule has 0 atom stereocenters. The molecule has 2 fully saturated rings. The fraction of sp³-hybridized carbons (Fsp3) is 0.846. The molecule has 0 spiro atoms. The summed E-state index contributed by atoms with van der Waals surface area (Å²) in [5.74, 6) is 0.646. The van der Waals surface area contributed by atoms with Crippen LogP contribution in [0.15, 0.2) is 0 Å². The predicted molar refractivity (Wildman–Crippen MR) is 73.5 cm³/mol. The lowest BCUT2D eigenvalue weighted by Crippen LogP contribution is -2.50. The molecule has 0 bridgehead atoms. The summed E-state index contributed by atoms with van der Waals surface area (Å²) < 4.78 is -0.520. The van der Waals surface area contributed by atoms with Crippen molar-refractivity contribution in [2.24, 2.45) is 5.92 Å². The molecular weight excluding hydrogens is 296 g/mol. The molecule has 1 aliphatic heterocycles. The number of halogens is 1. The Bertz CT molecular complexity index is 339. The van der Waals surface area contributed by atoms with Gasteiger partial charge >= 0.3 is 0 Å². The molecule has 0 aromatic carbocycles. The number of rotatable bonds is 3. The Balaban J connectivity index is 1.76. The van der Waals surface area contributed by atoms with Gasteiger partial charge in [0.25, 0.3) is 0 Å². The summed E-state index contributed by atoms with van der Waals surface area (Å²) in [6.45, 7) is 5.24. The fourth-order valence-electron chi connectivity index (χ4n) is 2.19. The van der Waals surface area contributed by atoms with E-state index >= 15 is 0 Å². The van der Waals surface area contributed by atoms with Gasteiger partial charge in [0, 0.05) is 25.0 Å². The topological polar surface area (TPSA) is 49.4 Å². The molecule has 1 saturated carbocycles. The molecule has 4 nitrogen and oxygen atoms in total. The van der Waals surface area contributed by atoms with Gasteiger partial charge in [-0.2, -0.15) is 0 Å². The maximum atomic E-state index is 11.9. The Kier molecular flexibility index (Phi) is 3.99. The molecule has 5 heteroatoms. The van der Waals surface area contributed by atoms with Crippen LogP contribution in [0.25, 0.3) is 0 Å². The van der Waals surface area contributed by atoms with Crippen molar-refractivity contribution in [3.8, 4) is 0 Å². The Morgan fingerprint density at radius 2 is 1.72 bits per heavy atom. The minimum atomic E-state index is -0.520. The van der Waals surface area contributed by atoms with Gasteiger partial charge in [-0.1, -0.05) is 15.9 Å². The van der Waals surface area contributed by atoms with Crippen molar-refractivity contribution in [1.82, 2.24) is 10.2 Å². The highest BCUT2D eigenvalue weighted by Gasteiger charge is 2.35. The largest absolute Gasteiger partial charge is 0.352 e. The highest BCUT2D eigenvalue weighted by molar-refractivity contribution is 9.10. The number of amides is 2. The van der Waals surface area contributed by atoms with Crippen LogP contribution in [0.1, 0.15) is 39.5 Å². The first-order chi connectivity index (χ1) is 8.38. The van der Waals surface area contributed by atoms with E-state index in [0.29, 0.717) is 11.8 Å². The van der Waals surface area contributed by atoms with Crippen LogP contribution in [0, 0.1) is 5.92 Å². The Labute approximate surface area is 117 Å². The predicted octanol–water partition coefficient (Wildman–Crippen LogP) is 1.68. The second-order valence-corrected chi connectivity index (χ2v) is 7.80. The quantitative estimate of drug-likeness (QED) is 0.805. The van der Waals surface area contributed by atoms with Gasteiger partial charge in [0.2, 0.25) is 11.8 Å². The molecule has 2 amide bonds. The summed E-state index contributed by atoms with van der Waals surface area (Å²) in [6, 6.07) is 0.206. The van der Waals surface area contributed by atoms with Crippen LogP contribution in [0.2, 0.25) is 0 Å². The van der Waals surface area contributed by atoms with Crippen LogP contribution in [0.4, 0.5) is 0 Å². The summed E-state index contributed by atoms with van der Waals surface area (Å²) in [4.78, 5) is 25.7. The number of piperidine rings is 1. The molecule has 1 aliphatic carbocycles. The van der Waals surface area contributed by atoms with Crippen molar-refractivity contribution in [3.63, 3.8) is 0 Å². The van der Waals surface area contributed by atoms with E-state index < -0.39 is 4.32 Å². The number of carbonyl (C=O) groups excluding carboxylic acids is 2. The summed E-state index contributed by atoms with van der Waals surface area (Å²) in [6.07, 6.45) is 3.86. The van der Waals surface area contributed by atoms with Gasteiger partial charge < -0.3 is 10.2 Å². The third kappa shape index (κ3) is 3.46. The lowest BCUT2D eigenvalue weighted by atomic mass is 10.0. The number of nitrogens with one attached hydrogen (secondary N) is 1. The third-order valence-corrected chi connectivity index (χ3v) is 3.97. The highest BCUT2D eigenvalue weighted by Crippen LogP contribution is 2.31. The smallest absolute Gasteiger partial charge is 0.236 e. The van der Waals surface area contributed by atoms with E-state index in [-0.39, 0.29) is 11.9 Å². The van der Waals surface area contributed by atoms with Crippen molar-refractivity contribution in [2.75, 3.05) is 13.1 Å². The normalized spacial score (nSPS) is 21.8. The van der Waals surface area contributed by atoms with E-state index in [2.05, 4.69) is 21.2 Å². The lowest BCUT2D eigenvalue weighted by molar-refractivity contribution is -0.133. The third-order valence-electron chi connectivity index (χ3n) is 3.61. The van der Waals surface area contributed by atoms with Crippen molar-refractivity contribution in [2.45, 2.75) is 49.9 Å². The molecular formula is C13H21BrN2O2. The van der Waals surface area contributed by atoms with E-state index in [4.69, 9.17) is 0 Å². The van der Waals surface area contributed by atoms with E-state index in [1.807, 2.05) is 18.7 Å². The van der Waals surface area contributed by atoms with E-state index in [9.17, 15) is 9.59 Å². The van der Waals surface area contributed by atoms with Gasteiger partial charge in [-0.3, -0.25) is 9.59 Å². The summed E-state index contributed by atoms with van der Waals surface area (Å²) in [5.41, 5.74) is 0. The average Bonchev–Trinajstić information content (AvgIpc) is 3.11. The van der Waals surface area contributed by atoms with Crippen molar-refractivity contribution >= 4 is 27.7 Å². The second kappa shape index (κ2) is 5.19. The zero-order chi connectivity index (χ0) is 13.3. The maximum Gasteiger partial charge on any atom is 0.236 e. The zero-order valence-corrected chi connectivity index (χ0v) is 12.6. The minimum absolute atomic E-state index is 0.0227. The van der Waals surface area contributed by atoms with Crippen LogP contribution >= 0.6 is 15.9 Å². The minimum Gasteiger partial charge on any atom is -0.352 e. The number of hydrogen-bond donors (Lipinski definition) is 1. The first-order valence-electron chi connectivity index (χ1n) is 6.66. The van der Waals surface area contributed by atoms with Gasteiger partial charge in [0.1, 0.15) is 0 Å². The highest BCUT2D eigenvalue weighted by atomic mass is 79.9. The summed E-state index contributed by atoms with van der Waals surface area (Å²) in [7, 11) is 0. The Morgan fingerprint density at radius 3 is 2.17 bits per heavy atom. The standard InChI is InChI=1S/C13H21BrN2O2/c1-13(2,14)12(18)15-10-5-7-16(8-6-10)11(17)9-3-4-9/h9-10H,3-8H2,1-2H3,(H,15,18). The summed E-state index contributed by atoms with van der Waals surface area (Å²) in [5, 5.41) is 3.04. The van der Waals surface area contributed by atoms with Crippen LogP contribution < -0.4 is 5.32 Å². The number of alkyl halides is 1. The Morgan fingerprint density at radius 1 is 1.17 bits per heavy atom. The monoisotopic (exact) mass is 316 g/mol. The molecule has 1 heterocycles. The number of nitrogens with zero attached hydrogens (tertiary/aromatic N) is 1. The zero-order valence-electron chi connectivity index (χ0n) is 11.0. The van der Waals surface area contributed by atoms with E-state index in [1.165, 1.54) is 0 Å². The van der Waals surface area contributed by atoms with Crippen LogP contribution in [0.5, 0.6) is 0 Å². The van der Waals surface area contributed by atoms with Crippen LogP contribution in [-0.4, -0.2) is 40.2 Å². The number of hydrogen-bond acceptors (Lipinski definition) is 2. The second-order valence-electron chi connectivity index (χ2n) is 5.82. The molecule has 1 N–H and O–H groups in total. The lowest BCUT2D eigenvalue weighted by Gasteiger charge is -2.33. The summed E-state index contributed by atoms with van der Waals surface area (Å²) >= 11 is 3.36. The average molecular weight is 317 g/mol. The van der Waals surface area contributed by atoms with Gasteiger partial charge in [0.15, 0.2) is 0 Å². The molecule has 18 heavy (non-hydrogen) atoms. The molecule has 0 aromatic heterocycles. The molecule has 0 unspecified atom stereocenters. The Hall–Kier alpha value is -0.580. The first kappa shape index (κ1) is 13.8. The van der Waals surface area contributed by atoms with Crippen molar-refractivity contribution < 1.29 is 9.59 Å². The number of carbonyl (C=O) groups is 2. The van der Waals surface area contributed by atoms with Crippen molar-refractivity contribution in [1.29, 1.82) is 0 Å². The SMILES string of the molecule is CC(C)(Br)C(=O)NC1CCN(C(=O)C2CC2)CC1. The van der Waals surface area contributed by atoms with Gasteiger partial charge in [0.05, 0.1) is 4.32 Å². The molecule has 2 rings (SSSR count). The molecule has 102 valence electrons. The van der Waals surface area contributed by atoms with Gasteiger partial charge in [-0.25, -0.2) is 0 Å². The van der Waals surface area contributed by atoms with Gasteiger partial charge in [-0.05, 0) is 39.5 Å². The fourth-order valence-corrected chi connectivity index (χ4v) is 2.30. The molecule has 0 aromatic rings. The van der Waals surface area contributed by atoms with Crippen molar-refractivity contribution in [3.05, 3.63) is 0 Å². The van der Waals surface area contributed by atoms with E-state index in [0.717, 1.165) is 38.8 Å². The molecule has 0 radical (unpaired) electrons. The number of likely N-dealkylation sites (tertiary alicyclic amines) is 1. The first-order valence-corrected chi connectivity index (χ1v) is 7.46.